The number of rotatable bonds is 1. The van der Waals surface area contributed by atoms with E-state index in [9.17, 15) is 4.79 Å². The summed E-state index contributed by atoms with van der Waals surface area (Å²) < 4.78 is 5.41. The first-order valence-corrected chi connectivity index (χ1v) is 8.64. The van der Waals surface area contributed by atoms with Gasteiger partial charge in [-0.25, -0.2) is 9.78 Å². The second-order valence-electron chi connectivity index (χ2n) is 6.23. The number of carbonyl (C=O) groups excluding carboxylic acids is 1. The minimum atomic E-state index is -0.498. The molecule has 26 heavy (non-hydrogen) atoms. The van der Waals surface area contributed by atoms with Crippen LogP contribution in [0.2, 0.25) is 5.15 Å². The number of hydrogen-bond acceptors (Lipinski definition) is 3. The Kier molecular flexibility index (Phi) is 3.33. The number of nitrogens with one attached hydrogen (secondary N) is 1. The molecule has 2 heterocycles. The average molecular weight is 361 g/mol. The van der Waals surface area contributed by atoms with Gasteiger partial charge >= 0.3 is 6.09 Å². The fourth-order valence-electron chi connectivity index (χ4n) is 3.53. The smallest absolute Gasteiger partial charge is 0.410 e. The number of nitrogens with zero attached hydrogens (tertiary/aromatic N) is 1. The average Bonchev–Trinajstić information content (AvgIpc) is 2.66. The van der Waals surface area contributed by atoms with Crippen molar-refractivity contribution < 1.29 is 9.53 Å². The molecule has 1 atom stereocenters. The maximum absolute atomic E-state index is 12.1. The van der Waals surface area contributed by atoms with Crippen molar-refractivity contribution in [1.82, 2.24) is 10.3 Å². The standard InChI is InChI=1S/C21H13ClN2O2/c22-20-15(11-13-6-2-4-8-16(13)23-20)19-18-14-7-3-1-5-12(14)9-10-17(18)26-21(25)24-19/h1-11,19H,(H,24,25). The summed E-state index contributed by atoms with van der Waals surface area (Å²) in [5.41, 5.74) is 2.46. The van der Waals surface area contributed by atoms with E-state index >= 15 is 0 Å². The zero-order chi connectivity index (χ0) is 17.7. The first kappa shape index (κ1) is 15.2. The zero-order valence-electron chi connectivity index (χ0n) is 13.6. The third kappa shape index (κ3) is 2.30. The topological polar surface area (TPSA) is 51.2 Å². The lowest BCUT2D eigenvalue weighted by Crippen LogP contribution is -2.36. The van der Waals surface area contributed by atoms with Crippen LogP contribution in [0.25, 0.3) is 21.7 Å². The van der Waals surface area contributed by atoms with E-state index in [0.29, 0.717) is 10.9 Å². The van der Waals surface area contributed by atoms with Crippen LogP contribution < -0.4 is 10.1 Å². The number of aromatic nitrogens is 1. The van der Waals surface area contributed by atoms with Crippen LogP contribution in [-0.2, 0) is 0 Å². The summed E-state index contributed by atoms with van der Waals surface area (Å²) in [7, 11) is 0. The molecule has 1 N–H and O–H groups in total. The third-order valence-corrected chi connectivity index (χ3v) is 5.00. The van der Waals surface area contributed by atoms with E-state index in [2.05, 4.69) is 10.3 Å². The number of hydrogen-bond donors (Lipinski definition) is 1. The number of carbonyl (C=O) groups is 1. The van der Waals surface area contributed by atoms with E-state index in [1.165, 1.54) is 0 Å². The van der Waals surface area contributed by atoms with Crippen LogP contribution in [0.1, 0.15) is 17.2 Å². The minimum absolute atomic E-state index is 0.370. The number of ether oxygens (including phenoxy) is 1. The van der Waals surface area contributed by atoms with Gasteiger partial charge in [0.2, 0.25) is 0 Å². The van der Waals surface area contributed by atoms with Gasteiger partial charge in [0.15, 0.2) is 0 Å². The predicted octanol–water partition coefficient (Wildman–Crippen LogP) is 5.23. The lowest BCUT2D eigenvalue weighted by atomic mass is 9.92. The van der Waals surface area contributed by atoms with E-state index in [1.54, 1.807) is 0 Å². The lowest BCUT2D eigenvalue weighted by molar-refractivity contribution is 0.191. The summed E-state index contributed by atoms with van der Waals surface area (Å²) in [6.07, 6.45) is -0.498. The van der Waals surface area contributed by atoms with Crippen molar-refractivity contribution in [2.24, 2.45) is 0 Å². The van der Waals surface area contributed by atoms with Crippen LogP contribution in [0, 0.1) is 0 Å². The molecule has 0 spiro atoms. The normalized spacial score (nSPS) is 16.2. The number of fused-ring (bicyclic) bond motifs is 4. The highest BCUT2D eigenvalue weighted by Gasteiger charge is 2.31. The van der Waals surface area contributed by atoms with Crippen molar-refractivity contribution in [2.45, 2.75) is 6.04 Å². The second kappa shape index (κ2) is 5.71. The third-order valence-electron chi connectivity index (χ3n) is 4.70. The summed E-state index contributed by atoms with van der Waals surface area (Å²) >= 11 is 6.50. The second-order valence-corrected chi connectivity index (χ2v) is 6.58. The molecule has 5 rings (SSSR count). The van der Waals surface area contributed by atoms with Crippen LogP contribution in [0.4, 0.5) is 4.79 Å². The van der Waals surface area contributed by atoms with Gasteiger partial charge in [-0.05, 0) is 29.0 Å². The molecule has 1 aromatic heterocycles. The number of benzene rings is 3. The van der Waals surface area contributed by atoms with Crippen molar-refractivity contribution in [3.63, 3.8) is 0 Å². The lowest BCUT2D eigenvalue weighted by Gasteiger charge is -2.28. The molecule has 0 saturated carbocycles. The fourth-order valence-corrected chi connectivity index (χ4v) is 3.78. The Morgan fingerprint density at radius 2 is 1.73 bits per heavy atom. The summed E-state index contributed by atoms with van der Waals surface area (Å²) in [5.74, 6) is 0.543. The summed E-state index contributed by atoms with van der Waals surface area (Å²) in [6, 6.07) is 21.1. The molecular weight excluding hydrogens is 348 g/mol. The van der Waals surface area contributed by atoms with Gasteiger partial charge in [-0.3, -0.25) is 0 Å². The van der Waals surface area contributed by atoms with Gasteiger partial charge in [0.1, 0.15) is 10.9 Å². The van der Waals surface area contributed by atoms with Crippen LogP contribution in [0.3, 0.4) is 0 Å². The molecule has 0 fully saturated rings. The van der Waals surface area contributed by atoms with Crippen molar-refractivity contribution >= 4 is 39.4 Å². The Morgan fingerprint density at radius 3 is 2.62 bits per heavy atom. The molecule has 1 unspecified atom stereocenters. The monoisotopic (exact) mass is 360 g/mol. The summed E-state index contributed by atoms with van der Waals surface area (Å²) in [4.78, 5) is 16.6. The molecule has 4 nitrogen and oxygen atoms in total. The fraction of sp³-hybridized carbons (Fsp3) is 0.0476. The molecule has 1 aliphatic heterocycles. The van der Waals surface area contributed by atoms with E-state index in [0.717, 1.165) is 32.8 Å². The number of halogens is 1. The van der Waals surface area contributed by atoms with Gasteiger partial charge in [-0.2, -0.15) is 0 Å². The highest BCUT2D eigenvalue weighted by Crippen LogP contribution is 2.41. The Morgan fingerprint density at radius 1 is 0.962 bits per heavy atom. The van der Waals surface area contributed by atoms with Crippen LogP contribution in [0.5, 0.6) is 5.75 Å². The Labute approximate surface area is 154 Å². The molecule has 0 aliphatic carbocycles. The molecule has 0 bridgehead atoms. The van der Waals surface area contributed by atoms with Crippen molar-refractivity contribution in [3.8, 4) is 5.75 Å². The molecule has 0 radical (unpaired) electrons. The number of pyridine rings is 1. The van der Waals surface area contributed by atoms with Crippen LogP contribution >= 0.6 is 11.6 Å². The molecule has 3 aromatic carbocycles. The Hall–Kier alpha value is -3.11. The maximum Gasteiger partial charge on any atom is 0.413 e. The maximum atomic E-state index is 12.1. The van der Waals surface area contributed by atoms with Crippen molar-refractivity contribution in [2.75, 3.05) is 0 Å². The first-order valence-electron chi connectivity index (χ1n) is 8.26. The molecular formula is C21H13ClN2O2. The summed E-state index contributed by atoms with van der Waals surface area (Å²) in [6.45, 7) is 0. The van der Waals surface area contributed by atoms with Gasteiger partial charge in [-0.1, -0.05) is 60.1 Å². The van der Waals surface area contributed by atoms with E-state index in [-0.39, 0.29) is 0 Å². The largest absolute Gasteiger partial charge is 0.413 e. The first-order chi connectivity index (χ1) is 12.7. The molecule has 126 valence electrons. The molecule has 1 amide bonds. The molecule has 0 saturated heterocycles. The van der Waals surface area contributed by atoms with Gasteiger partial charge < -0.3 is 10.1 Å². The molecule has 1 aliphatic rings. The van der Waals surface area contributed by atoms with Gasteiger partial charge in [-0.15, -0.1) is 0 Å². The summed E-state index contributed by atoms with van der Waals surface area (Å²) in [5, 5.41) is 6.32. The van der Waals surface area contributed by atoms with Gasteiger partial charge in [0.05, 0.1) is 11.6 Å². The highest BCUT2D eigenvalue weighted by molar-refractivity contribution is 6.30. The Bertz CT molecular complexity index is 1190. The van der Waals surface area contributed by atoms with Gasteiger partial charge in [0.25, 0.3) is 0 Å². The minimum Gasteiger partial charge on any atom is -0.410 e. The Balaban J connectivity index is 1.80. The van der Waals surface area contributed by atoms with E-state index in [1.807, 2.05) is 66.7 Å². The van der Waals surface area contributed by atoms with E-state index in [4.69, 9.17) is 16.3 Å². The molecule has 4 aromatic rings. The van der Waals surface area contributed by atoms with Crippen LogP contribution in [0.15, 0.2) is 66.7 Å². The zero-order valence-corrected chi connectivity index (χ0v) is 14.3. The molecule has 5 heteroatoms. The number of para-hydroxylation sites is 1. The van der Waals surface area contributed by atoms with Crippen molar-refractivity contribution in [3.05, 3.63) is 83.0 Å². The van der Waals surface area contributed by atoms with Crippen molar-refractivity contribution in [1.29, 1.82) is 0 Å². The van der Waals surface area contributed by atoms with Gasteiger partial charge in [0, 0.05) is 16.5 Å². The SMILES string of the molecule is O=C1NC(c2cc3ccccc3nc2Cl)c2c(ccc3ccccc23)O1. The number of amides is 1. The predicted molar refractivity (Wildman–Crippen MR) is 102 cm³/mol. The highest BCUT2D eigenvalue weighted by atomic mass is 35.5. The van der Waals surface area contributed by atoms with E-state index < -0.39 is 12.1 Å². The van der Waals surface area contributed by atoms with Crippen LogP contribution in [-0.4, -0.2) is 11.1 Å². The quantitative estimate of drug-likeness (QED) is 0.473.